The van der Waals surface area contributed by atoms with Crippen molar-refractivity contribution in [2.45, 2.75) is 51.2 Å². The highest BCUT2D eigenvalue weighted by atomic mass is 32.2. The monoisotopic (exact) mass is 307 g/mol. The Morgan fingerprint density at radius 3 is 2.86 bits per heavy atom. The minimum absolute atomic E-state index is 0.0167. The molecule has 0 saturated carbocycles. The van der Waals surface area contributed by atoms with Crippen LogP contribution in [0.15, 0.2) is 17.3 Å². The summed E-state index contributed by atoms with van der Waals surface area (Å²) in [5, 5.41) is 9.64. The first-order chi connectivity index (χ1) is 10.0. The molecule has 0 bridgehead atoms. The maximum absolute atomic E-state index is 10.8. The lowest BCUT2D eigenvalue weighted by atomic mass is 10.1. The van der Waals surface area contributed by atoms with E-state index in [9.17, 15) is 4.79 Å². The average Bonchev–Trinajstić information content (AvgIpc) is 2.80. The lowest BCUT2D eigenvalue weighted by Crippen LogP contribution is -2.09. The second-order valence-electron chi connectivity index (χ2n) is 5.23. The highest BCUT2D eigenvalue weighted by molar-refractivity contribution is 7.99. The number of nitrogens with zero attached hydrogens (tertiary/aromatic N) is 3. The predicted octanol–water partition coefficient (Wildman–Crippen LogP) is 3.67. The first-order valence-electron chi connectivity index (χ1n) is 7.23. The molecular weight excluding hydrogens is 286 g/mol. The van der Waals surface area contributed by atoms with E-state index in [2.05, 4.69) is 28.4 Å². The molecule has 2 aromatic rings. The number of thioether (sulfide) groups is 1. The molecule has 2 heterocycles. The number of aliphatic carboxylic acids is 1. The van der Waals surface area contributed by atoms with E-state index in [4.69, 9.17) is 5.11 Å². The molecule has 0 aliphatic heterocycles. The molecule has 5 nitrogen and oxygen atoms in total. The van der Waals surface area contributed by atoms with Crippen molar-refractivity contribution in [3.63, 3.8) is 0 Å². The summed E-state index contributed by atoms with van der Waals surface area (Å²) in [6.07, 6.45) is 3.31. The largest absolute Gasteiger partial charge is 0.481 e. The van der Waals surface area contributed by atoms with Crippen molar-refractivity contribution in [2.24, 2.45) is 0 Å². The SMILES string of the molecule is CCCCC(C)n1c(SCC(=O)O)nc2ccc(C)nc21. The van der Waals surface area contributed by atoms with Crippen molar-refractivity contribution >= 4 is 28.9 Å². The number of carboxylic acids is 1. The van der Waals surface area contributed by atoms with Gasteiger partial charge in [0.2, 0.25) is 0 Å². The molecule has 1 unspecified atom stereocenters. The summed E-state index contributed by atoms with van der Waals surface area (Å²) in [7, 11) is 0. The molecule has 1 atom stereocenters. The van der Waals surface area contributed by atoms with Gasteiger partial charge in [0, 0.05) is 11.7 Å². The maximum Gasteiger partial charge on any atom is 0.313 e. The fraction of sp³-hybridized carbons (Fsp3) is 0.533. The fourth-order valence-corrected chi connectivity index (χ4v) is 3.12. The summed E-state index contributed by atoms with van der Waals surface area (Å²) >= 11 is 1.26. The zero-order valence-corrected chi connectivity index (χ0v) is 13.5. The molecule has 21 heavy (non-hydrogen) atoms. The molecule has 0 aliphatic rings. The molecule has 114 valence electrons. The zero-order chi connectivity index (χ0) is 15.4. The van der Waals surface area contributed by atoms with E-state index in [-0.39, 0.29) is 11.8 Å². The summed E-state index contributed by atoms with van der Waals surface area (Å²) in [5.74, 6) is -0.813. The Bertz CT molecular complexity index is 639. The highest BCUT2D eigenvalue weighted by Gasteiger charge is 2.18. The smallest absolute Gasteiger partial charge is 0.313 e. The van der Waals surface area contributed by atoms with E-state index >= 15 is 0 Å². The van der Waals surface area contributed by atoms with Gasteiger partial charge in [0.15, 0.2) is 10.8 Å². The van der Waals surface area contributed by atoms with Gasteiger partial charge in [-0.2, -0.15) is 0 Å². The van der Waals surface area contributed by atoms with Gasteiger partial charge in [-0.3, -0.25) is 4.79 Å². The summed E-state index contributed by atoms with van der Waals surface area (Å²) in [6, 6.07) is 4.15. The van der Waals surface area contributed by atoms with Gasteiger partial charge in [-0.25, -0.2) is 9.97 Å². The van der Waals surface area contributed by atoms with E-state index in [1.165, 1.54) is 11.8 Å². The number of fused-ring (bicyclic) bond motifs is 1. The van der Waals surface area contributed by atoms with Crippen molar-refractivity contribution < 1.29 is 9.90 Å². The number of imidazole rings is 1. The molecule has 0 radical (unpaired) electrons. The first-order valence-corrected chi connectivity index (χ1v) is 8.21. The van der Waals surface area contributed by atoms with E-state index in [1.807, 2.05) is 19.1 Å². The van der Waals surface area contributed by atoms with Gasteiger partial charge in [0.1, 0.15) is 5.52 Å². The molecule has 0 aromatic carbocycles. The molecule has 0 fully saturated rings. The molecule has 2 aromatic heterocycles. The molecule has 6 heteroatoms. The number of aromatic nitrogens is 3. The molecule has 0 amide bonds. The molecular formula is C15H21N3O2S. The van der Waals surface area contributed by atoms with Gasteiger partial charge in [0.05, 0.1) is 5.75 Å². The lowest BCUT2D eigenvalue weighted by molar-refractivity contribution is -0.133. The van der Waals surface area contributed by atoms with Gasteiger partial charge >= 0.3 is 5.97 Å². The van der Waals surface area contributed by atoms with Gasteiger partial charge < -0.3 is 9.67 Å². The molecule has 0 aliphatic carbocycles. The van der Waals surface area contributed by atoms with Crippen molar-refractivity contribution in [3.05, 3.63) is 17.8 Å². The van der Waals surface area contributed by atoms with Crippen molar-refractivity contribution in [1.82, 2.24) is 14.5 Å². The number of unbranched alkanes of at least 4 members (excludes halogenated alkanes) is 1. The van der Waals surface area contributed by atoms with Crippen LogP contribution >= 0.6 is 11.8 Å². The van der Waals surface area contributed by atoms with Crippen LogP contribution in [0.4, 0.5) is 0 Å². The Labute approximate surface area is 128 Å². The average molecular weight is 307 g/mol. The number of carbonyl (C=O) groups is 1. The Kier molecular flexibility index (Phi) is 5.22. The van der Waals surface area contributed by atoms with Crippen molar-refractivity contribution in [1.29, 1.82) is 0 Å². The lowest BCUT2D eigenvalue weighted by Gasteiger charge is -2.16. The number of hydrogen-bond acceptors (Lipinski definition) is 4. The maximum atomic E-state index is 10.8. The molecule has 1 N–H and O–H groups in total. The van der Waals surface area contributed by atoms with E-state index in [0.717, 1.165) is 41.3 Å². The second kappa shape index (κ2) is 6.93. The van der Waals surface area contributed by atoms with Crippen LogP contribution in [0.25, 0.3) is 11.2 Å². The minimum Gasteiger partial charge on any atom is -0.481 e. The molecule has 0 saturated heterocycles. The second-order valence-corrected chi connectivity index (χ2v) is 6.18. The number of aryl methyl sites for hydroxylation is 1. The zero-order valence-electron chi connectivity index (χ0n) is 12.7. The first kappa shape index (κ1) is 15.8. The van der Waals surface area contributed by atoms with E-state index < -0.39 is 5.97 Å². The Morgan fingerprint density at radius 2 is 2.19 bits per heavy atom. The van der Waals surface area contributed by atoms with E-state index in [1.54, 1.807) is 0 Å². The van der Waals surface area contributed by atoms with Crippen LogP contribution in [0.5, 0.6) is 0 Å². The highest BCUT2D eigenvalue weighted by Crippen LogP contribution is 2.29. The number of carboxylic acid groups (broad SMARTS) is 1. The summed E-state index contributed by atoms with van der Waals surface area (Å²) in [4.78, 5) is 20.0. The molecule has 2 rings (SSSR count). The minimum atomic E-state index is -0.830. The van der Waals surface area contributed by atoms with Gasteiger partial charge in [-0.05, 0) is 32.4 Å². The van der Waals surface area contributed by atoms with Crippen LogP contribution in [0, 0.1) is 6.92 Å². The van der Waals surface area contributed by atoms with Crippen LogP contribution in [-0.2, 0) is 4.79 Å². The third-order valence-corrected chi connectivity index (χ3v) is 4.32. The topological polar surface area (TPSA) is 68.0 Å². The van der Waals surface area contributed by atoms with Gasteiger partial charge in [-0.1, -0.05) is 31.5 Å². The predicted molar refractivity (Wildman–Crippen MR) is 84.9 cm³/mol. The van der Waals surface area contributed by atoms with Crippen LogP contribution < -0.4 is 0 Å². The summed E-state index contributed by atoms with van der Waals surface area (Å²) in [6.45, 7) is 6.27. The van der Waals surface area contributed by atoms with Crippen LogP contribution in [0.2, 0.25) is 0 Å². The Balaban J connectivity index is 2.42. The van der Waals surface area contributed by atoms with Crippen molar-refractivity contribution in [2.75, 3.05) is 5.75 Å². The van der Waals surface area contributed by atoms with Crippen LogP contribution in [-0.4, -0.2) is 31.4 Å². The third kappa shape index (κ3) is 3.75. The summed E-state index contributed by atoms with van der Waals surface area (Å²) < 4.78 is 2.09. The normalized spacial score (nSPS) is 12.7. The number of rotatable bonds is 7. The number of hydrogen-bond donors (Lipinski definition) is 1. The van der Waals surface area contributed by atoms with Crippen molar-refractivity contribution in [3.8, 4) is 0 Å². The molecule has 0 spiro atoms. The number of pyridine rings is 1. The standard InChI is InChI=1S/C15H21N3O2S/c1-4-5-6-11(3)18-14-12(8-7-10(2)16-14)17-15(18)21-9-13(19)20/h7-8,11H,4-6,9H2,1-3H3,(H,19,20). The Morgan fingerprint density at radius 1 is 1.43 bits per heavy atom. The third-order valence-electron chi connectivity index (χ3n) is 3.39. The summed E-state index contributed by atoms with van der Waals surface area (Å²) in [5.41, 5.74) is 2.63. The van der Waals surface area contributed by atoms with E-state index in [0.29, 0.717) is 0 Å². The fourth-order valence-electron chi connectivity index (χ4n) is 2.30. The van der Waals surface area contributed by atoms with Crippen LogP contribution in [0.1, 0.15) is 44.8 Å². The van der Waals surface area contributed by atoms with Gasteiger partial charge in [0.25, 0.3) is 0 Å². The van der Waals surface area contributed by atoms with Gasteiger partial charge in [-0.15, -0.1) is 0 Å². The van der Waals surface area contributed by atoms with Crippen LogP contribution in [0.3, 0.4) is 0 Å². The Hall–Kier alpha value is -1.56. The quantitative estimate of drug-likeness (QED) is 0.790.